The molecule has 0 saturated carbocycles. The van der Waals surface area contributed by atoms with E-state index in [1.807, 2.05) is 0 Å². The molecular weight excluding hydrogens is 222 g/mol. The maximum absolute atomic E-state index is 5.73. The number of hydrogen-bond acceptors (Lipinski definition) is 2. The van der Waals surface area contributed by atoms with Crippen molar-refractivity contribution in [1.82, 2.24) is 5.32 Å². The Morgan fingerprint density at radius 3 is 2.67 bits per heavy atom. The lowest BCUT2D eigenvalue weighted by Gasteiger charge is -2.20. The van der Waals surface area contributed by atoms with Crippen molar-refractivity contribution >= 4 is 0 Å². The van der Waals surface area contributed by atoms with Gasteiger partial charge in [0.2, 0.25) is 0 Å². The molecule has 0 aromatic rings. The molecule has 0 bridgehead atoms. The van der Waals surface area contributed by atoms with E-state index in [2.05, 4.69) is 26.1 Å². The van der Waals surface area contributed by atoms with Crippen LogP contribution in [0.15, 0.2) is 0 Å². The Hall–Kier alpha value is -0.0800. The van der Waals surface area contributed by atoms with Gasteiger partial charge in [0.05, 0.1) is 6.10 Å². The van der Waals surface area contributed by atoms with Gasteiger partial charge in [0.1, 0.15) is 0 Å². The van der Waals surface area contributed by atoms with Gasteiger partial charge in [0.25, 0.3) is 0 Å². The van der Waals surface area contributed by atoms with Gasteiger partial charge in [-0.2, -0.15) is 0 Å². The number of nitrogens with one attached hydrogen (secondary N) is 1. The second-order valence-corrected chi connectivity index (χ2v) is 5.88. The molecule has 0 aliphatic carbocycles. The zero-order valence-electron chi connectivity index (χ0n) is 12.7. The van der Waals surface area contributed by atoms with Crippen LogP contribution >= 0.6 is 0 Å². The van der Waals surface area contributed by atoms with Gasteiger partial charge in [-0.15, -0.1) is 0 Å². The number of rotatable bonds is 10. The SMILES string of the molecule is CCCCCCCC(C)NCC1CCOC1CC. The Morgan fingerprint density at radius 2 is 1.94 bits per heavy atom. The van der Waals surface area contributed by atoms with Crippen LogP contribution in [0.3, 0.4) is 0 Å². The summed E-state index contributed by atoms with van der Waals surface area (Å²) in [6, 6.07) is 0.671. The molecule has 0 aromatic carbocycles. The molecule has 1 aliphatic rings. The van der Waals surface area contributed by atoms with E-state index in [1.165, 1.54) is 44.9 Å². The predicted octanol–water partition coefficient (Wildman–Crippen LogP) is 4.14. The molecule has 2 heteroatoms. The van der Waals surface area contributed by atoms with Crippen LogP contribution in [0.1, 0.15) is 72.1 Å². The van der Waals surface area contributed by atoms with E-state index < -0.39 is 0 Å². The van der Waals surface area contributed by atoms with Crippen molar-refractivity contribution in [3.8, 4) is 0 Å². The quantitative estimate of drug-likeness (QED) is 0.592. The molecule has 1 N–H and O–H groups in total. The minimum absolute atomic E-state index is 0.509. The van der Waals surface area contributed by atoms with Gasteiger partial charge >= 0.3 is 0 Å². The van der Waals surface area contributed by atoms with Crippen LogP contribution in [0, 0.1) is 5.92 Å². The molecule has 0 amide bonds. The third-order valence-electron chi connectivity index (χ3n) is 4.22. The van der Waals surface area contributed by atoms with Crippen molar-refractivity contribution in [2.24, 2.45) is 5.92 Å². The van der Waals surface area contributed by atoms with E-state index in [-0.39, 0.29) is 0 Å². The average molecular weight is 255 g/mol. The molecule has 1 heterocycles. The minimum atomic E-state index is 0.509. The first-order valence-corrected chi connectivity index (χ1v) is 8.12. The second kappa shape index (κ2) is 9.80. The lowest BCUT2D eigenvalue weighted by atomic mass is 9.99. The highest BCUT2D eigenvalue weighted by Gasteiger charge is 2.26. The maximum Gasteiger partial charge on any atom is 0.0613 e. The predicted molar refractivity (Wildman–Crippen MR) is 79.0 cm³/mol. The Kier molecular flexibility index (Phi) is 8.70. The molecule has 0 radical (unpaired) electrons. The fourth-order valence-corrected chi connectivity index (χ4v) is 2.89. The van der Waals surface area contributed by atoms with Crippen LogP contribution in [-0.2, 0) is 4.74 Å². The van der Waals surface area contributed by atoms with Gasteiger partial charge in [0.15, 0.2) is 0 Å². The molecule has 108 valence electrons. The minimum Gasteiger partial charge on any atom is -0.378 e. The summed E-state index contributed by atoms with van der Waals surface area (Å²) in [6.45, 7) is 8.96. The standard InChI is InChI=1S/C16H33NO/c1-4-6-7-8-9-10-14(3)17-13-15-11-12-18-16(15)5-2/h14-17H,4-13H2,1-3H3. The third kappa shape index (κ3) is 6.19. The molecule has 1 fully saturated rings. The van der Waals surface area contributed by atoms with Crippen LogP contribution in [-0.4, -0.2) is 25.3 Å². The van der Waals surface area contributed by atoms with Crippen molar-refractivity contribution in [3.63, 3.8) is 0 Å². The van der Waals surface area contributed by atoms with Crippen LogP contribution < -0.4 is 5.32 Å². The highest BCUT2D eigenvalue weighted by Crippen LogP contribution is 2.22. The lowest BCUT2D eigenvalue weighted by molar-refractivity contribution is 0.0866. The molecule has 0 aromatic heterocycles. The highest BCUT2D eigenvalue weighted by molar-refractivity contribution is 4.78. The smallest absolute Gasteiger partial charge is 0.0613 e. The van der Waals surface area contributed by atoms with E-state index in [0.717, 1.165) is 25.5 Å². The third-order valence-corrected chi connectivity index (χ3v) is 4.22. The van der Waals surface area contributed by atoms with Crippen molar-refractivity contribution in [3.05, 3.63) is 0 Å². The summed E-state index contributed by atoms with van der Waals surface area (Å²) in [6.07, 6.45) is 11.2. The summed E-state index contributed by atoms with van der Waals surface area (Å²) >= 11 is 0. The van der Waals surface area contributed by atoms with Gasteiger partial charge < -0.3 is 10.1 Å². The molecule has 1 aliphatic heterocycles. The summed E-state index contributed by atoms with van der Waals surface area (Å²) in [5, 5.41) is 3.70. The normalized spacial score (nSPS) is 25.5. The molecule has 3 atom stereocenters. The molecule has 1 saturated heterocycles. The summed E-state index contributed by atoms with van der Waals surface area (Å²) < 4.78 is 5.73. The zero-order chi connectivity index (χ0) is 13.2. The highest BCUT2D eigenvalue weighted by atomic mass is 16.5. The molecule has 1 rings (SSSR count). The van der Waals surface area contributed by atoms with E-state index in [1.54, 1.807) is 0 Å². The summed E-state index contributed by atoms with van der Waals surface area (Å²) in [4.78, 5) is 0. The monoisotopic (exact) mass is 255 g/mol. The topological polar surface area (TPSA) is 21.3 Å². The van der Waals surface area contributed by atoms with Gasteiger partial charge in [-0.25, -0.2) is 0 Å². The molecule has 18 heavy (non-hydrogen) atoms. The van der Waals surface area contributed by atoms with Crippen molar-refractivity contribution in [2.75, 3.05) is 13.2 Å². The molecular formula is C16H33NO. The Balaban J connectivity index is 2.00. The number of ether oxygens (including phenoxy) is 1. The number of hydrogen-bond donors (Lipinski definition) is 1. The van der Waals surface area contributed by atoms with Crippen molar-refractivity contribution in [2.45, 2.75) is 84.3 Å². The maximum atomic E-state index is 5.73. The first kappa shape index (κ1) is 16.0. The van der Waals surface area contributed by atoms with E-state index in [9.17, 15) is 0 Å². The van der Waals surface area contributed by atoms with Crippen LogP contribution in [0.5, 0.6) is 0 Å². The lowest BCUT2D eigenvalue weighted by Crippen LogP contribution is -2.34. The number of unbranched alkanes of at least 4 members (excludes halogenated alkanes) is 4. The van der Waals surface area contributed by atoms with Crippen LogP contribution in [0.25, 0.3) is 0 Å². The van der Waals surface area contributed by atoms with Crippen molar-refractivity contribution in [1.29, 1.82) is 0 Å². The van der Waals surface area contributed by atoms with Crippen molar-refractivity contribution < 1.29 is 4.74 Å². The largest absolute Gasteiger partial charge is 0.378 e. The fraction of sp³-hybridized carbons (Fsp3) is 1.00. The average Bonchev–Trinajstić information content (AvgIpc) is 2.83. The molecule has 0 spiro atoms. The van der Waals surface area contributed by atoms with Gasteiger partial charge in [-0.1, -0.05) is 46.0 Å². The summed E-state index contributed by atoms with van der Waals surface area (Å²) in [7, 11) is 0. The Morgan fingerprint density at radius 1 is 1.17 bits per heavy atom. The van der Waals surface area contributed by atoms with Gasteiger partial charge in [-0.3, -0.25) is 0 Å². The zero-order valence-corrected chi connectivity index (χ0v) is 12.7. The van der Waals surface area contributed by atoms with E-state index in [4.69, 9.17) is 4.74 Å². The molecule has 2 nitrogen and oxygen atoms in total. The van der Waals surface area contributed by atoms with E-state index >= 15 is 0 Å². The van der Waals surface area contributed by atoms with E-state index in [0.29, 0.717) is 12.1 Å². The van der Waals surface area contributed by atoms with Gasteiger partial charge in [-0.05, 0) is 32.1 Å². The Bertz CT molecular complexity index is 196. The summed E-state index contributed by atoms with van der Waals surface area (Å²) in [5.41, 5.74) is 0. The van der Waals surface area contributed by atoms with Gasteiger partial charge in [0, 0.05) is 19.2 Å². The molecule has 3 unspecified atom stereocenters. The van der Waals surface area contributed by atoms with Crippen LogP contribution in [0.2, 0.25) is 0 Å². The Labute approximate surface area is 114 Å². The summed E-state index contributed by atoms with van der Waals surface area (Å²) in [5.74, 6) is 0.748. The second-order valence-electron chi connectivity index (χ2n) is 5.88. The first-order valence-electron chi connectivity index (χ1n) is 8.12. The first-order chi connectivity index (χ1) is 8.77. The van der Waals surface area contributed by atoms with Crippen LogP contribution in [0.4, 0.5) is 0 Å². The fourth-order valence-electron chi connectivity index (χ4n) is 2.89.